The van der Waals surface area contributed by atoms with Crippen LogP contribution < -0.4 is 16.0 Å². The summed E-state index contributed by atoms with van der Waals surface area (Å²) in [6, 6.07) is 5.53. The topological polar surface area (TPSA) is 70.2 Å². The lowest BCUT2D eigenvalue weighted by molar-refractivity contribution is -0.123. The van der Waals surface area contributed by atoms with Crippen LogP contribution in [0.4, 0.5) is 11.4 Å². The van der Waals surface area contributed by atoms with Gasteiger partial charge in [-0.05, 0) is 44.5 Å². The van der Waals surface area contributed by atoms with E-state index >= 15 is 0 Å². The number of rotatable bonds is 3. The number of anilines is 2. The second-order valence-corrected chi connectivity index (χ2v) is 5.65. The van der Waals surface area contributed by atoms with E-state index < -0.39 is 0 Å². The highest BCUT2D eigenvalue weighted by molar-refractivity contribution is 5.97. The molecular weight excluding hydrogens is 254 g/mol. The summed E-state index contributed by atoms with van der Waals surface area (Å²) in [6.07, 6.45) is 0.837. The molecule has 1 aliphatic rings. The highest BCUT2D eigenvalue weighted by Gasteiger charge is 2.36. The molecular formula is C15H21N3O2. The fourth-order valence-electron chi connectivity index (χ4n) is 2.32. The second kappa shape index (κ2) is 5.63. The number of carbonyl (C=O) groups excluding carboxylic acids is 2. The number of carbonyl (C=O) groups is 2. The largest absolute Gasteiger partial charge is 0.326 e. The van der Waals surface area contributed by atoms with Crippen molar-refractivity contribution in [3.63, 3.8) is 0 Å². The summed E-state index contributed by atoms with van der Waals surface area (Å²) in [6.45, 7) is 6.92. The van der Waals surface area contributed by atoms with E-state index in [1.807, 2.05) is 26.0 Å². The molecule has 0 aliphatic carbocycles. The van der Waals surface area contributed by atoms with E-state index in [1.54, 1.807) is 6.07 Å². The van der Waals surface area contributed by atoms with Crippen molar-refractivity contribution in [2.75, 3.05) is 23.7 Å². The molecule has 5 heteroatoms. The molecule has 0 radical (unpaired) electrons. The second-order valence-electron chi connectivity index (χ2n) is 5.65. The summed E-state index contributed by atoms with van der Waals surface area (Å²) in [4.78, 5) is 23.5. The van der Waals surface area contributed by atoms with Crippen molar-refractivity contribution in [2.24, 2.45) is 5.41 Å². The molecule has 0 aromatic heterocycles. The molecule has 0 saturated carbocycles. The van der Waals surface area contributed by atoms with Crippen molar-refractivity contribution in [1.82, 2.24) is 5.32 Å². The summed E-state index contributed by atoms with van der Waals surface area (Å²) in [5, 5.41) is 8.91. The highest BCUT2D eigenvalue weighted by Crippen LogP contribution is 2.27. The first kappa shape index (κ1) is 14.5. The van der Waals surface area contributed by atoms with Gasteiger partial charge in [0.1, 0.15) is 0 Å². The molecule has 1 atom stereocenters. The Bertz CT molecular complexity index is 534. The van der Waals surface area contributed by atoms with Crippen LogP contribution in [-0.2, 0) is 9.59 Å². The van der Waals surface area contributed by atoms with Gasteiger partial charge < -0.3 is 16.0 Å². The Morgan fingerprint density at radius 2 is 2.05 bits per heavy atom. The van der Waals surface area contributed by atoms with Crippen LogP contribution in [0.1, 0.15) is 25.8 Å². The Balaban J connectivity index is 2.13. The van der Waals surface area contributed by atoms with Gasteiger partial charge in [-0.2, -0.15) is 0 Å². The van der Waals surface area contributed by atoms with Crippen LogP contribution in [0.3, 0.4) is 0 Å². The van der Waals surface area contributed by atoms with Crippen LogP contribution in [0.15, 0.2) is 18.2 Å². The predicted molar refractivity (Wildman–Crippen MR) is 79.7 cm³/mol. The van der Waals surface area contributed by atoms with Crippen LogP contribution in [0.5, 0.6) is 0 Å². The van der Waals surface area contributed by atoms with Crippen molar-refractivity contribution < 1.29 is 9.59 Å². The van der Waals surface area contributed by atoms with Crippen molar-refractivity contribution in [2.45, 2.75) is 27.2 Å². The van der Waals surface area contributed by atoms with Gasteiger partial charge in [-0.25, -0.2) is 0 Å². The third-order valence-corrected chi connectivity index (χ3v) is 3.72. The van der Waals surface area contributed by atoms with Crippen LogP contribution in [0.25, 0.3) is 0 Å². The quantitative estimate of drug-likeness (QED) is 0.789. The maximum Gasteiger partial charge on any atom is 0.231 e. The summed E-state index contributed by atoms with van der Waals surface area (Å²) in [5.41, 5.74) is 2.04. The van der Waals surface area contributed by atoms with Gasteiger partial charge in [0, 0.05) is 24.8 Å². The van der Waals surface area contributed by atoms with E-state index in [0.717, 1.165) is 24.2 Å². The van der Waals surface area contributed by atoms with Gasteiger partial charge in [0.25, 0.3) is 0 Å². The molecule has 1 unspecified atom stereocenters. The highest BCUT2D eigenvalue weighted by atomic mass is 16.2. The number of aryl methyl sites for hydroxylation is 1. The molecule has 1 heterocycles. The third kappa shape index (κ3) is 3.17. The summed E-state index contributed by atoms with van der Waals surface area (Å²) < 4.78 is 0. The number of hydrogen-bond acceptors (Lipinski definition) is 3. The molecule has 1 aliphatic heterocycles. The first-order valence-corrected chi connectivity index (χ1v) is 6.81. The summed E-state index contributed by atoms with van der Waals surface area (Å²) in [5.74, 6) is -0.108. The number of benzene rings is 1. The lowest BCUT2D eigenvalue weighted by Gasteiger charge is -2.22. The molecule has 20 heavy (non-hydrogen) atoms. The van der Waals surface area contributed by atoms with E-state index in [9.17, 15) is 9.59 Å². The zero-order valence-corrected chi connectivity index (χ0v) is 12.2. The molecule has 1 aromatic rings. The fraction of sp³-hybridized carbons (Fsp3) is 0.467. The van der Waals surface area contributed by atoms with Crippen LogP contribution in [0.2, 0.25) is 0 Å². The molecule has 2 amide bonds. The van der Waals surface area contributed by atoms with Gasteiger partial charge in [-0.3, -0.25) is 9.59 Å². The number of amides is 2. The van der Waals surface area contributed by atoms with E-state index in [0.29, 0.717) is 12.2 Å². The van der Waals surface area contributed by atoms with Gasteiger partial charge in [0.05, 0.1) is 5.41 Å². The SMILES string of the molecule is CC(=O)Nc1cc(NC(=O)C2(C)CCNC2)ccc1C. The average molecular weight is 275 g/mol. The van der Waals surface area contributed by atoms with Gasteiger partial charge in [-0.15, -0.1) is 0 Å². The minimum atomic E-state index is -0.362. The Hall–Kier alpha value is -1.88. The van der Waals surface area contributed by atoms with Crippen molar-refractivity contribution in [3.8, 4) is 0 Å². The monoisotopic (exact) mass is 275 g/mol. The molecule has 1 saturated heterocycles. The van der Waals surface area contributed by atoms with Crippen molar-refractivity contribution >= 4 is 23.2 Å². The van der Waals surface area contributed by atoms with Gasteiger partial charge in [-0.1, -0.05) is 6.07 Å². The minimum absolute atomic E-state index is 0.0140. The van der Waals surface area contributed by atoms with Crippen molar-refractivity contribution in [1.29, 1.82) is 0 Å². The summed E-state index contributed by atoms with van der Waals surface area (Å²) in [7, 11) is 0. The summed E-state index contributed by atoms with van der Waals surface area (Å²) >= 11 is 0. The maximum atomic E-state index is 12.3. The molecule has 3 N–H and O–H groups in total. The maximum absolute atomic E-state index is 12.3. The Morgan fingerprint density at radius 1 is 1.30 bits per heavy atom. The molecule has 5 nitrogen and oxygen atoms in total. The Kier molecular flexibility index (Phi) is 4.09. The Labute approximate surface area is 119 Å². The number of nitrogens with one attached hydrogen (secondary N) is 3. The predicted octanol–water partition coefficient (Wildman–Crippen LogP) is 1.89. The molecule has 1 aromatic carbocycles. The van der Waals surface area contributed by atoms with Crippen LogP contribution in [0, 0.1) is 12.3 Å². The minimum Gasteiger partial charge on any atom is -0.326 e. The lowest BCUT2D eigenvalue weighted by atomic mass is 9.88. The van der Waals surface area contributed by atoms with E-state index in [4.69, 9.17) is 0 Å². The van der Waals surface area contributed by atoms with Crippen LogP contribution >= 0.6 is 0 Å². The van der Waals surface area contributed by atoms with E-state index in [-0.39, 0.29) is 17.2 Å². The zero-order chi connectivity index (χ0) is 14.8. The van der Waals surface area contributed by atoms with Gasteiger partial charge >= 0.3 is 0 Å². The molecule has 2 rings (SSSR count). The normalized spacial score (nSPS) is 21.6. The van der Waals surface area contributed by atoms with Crippen molar-refractivity contribution in [3.05, 3.63) is 23.8 Å². The molecule has 108 valence electrons. The van der Waals surface area contributed by atoms with E-state index in [1.165, 1.54) is 6.92 Å². The average Bonchev–Trinajstić information content (AvgIpc) is 2.81. The van der Waals surface area contributed by atoms with E-state index in [2.05, 4.69) is 16.0 Å². The molecule has 0 spiro atoms. The lowest BCUT2D eigenvalue weighted by Crippen LogP contribution is -2.35. The fourth-order valence-corrected chi connectivity index (χ4v) is 2.32. The zero-order valence-electron chi connectivity index (χ0n) is 12.2. The van der Waals surface area contributed by atoms with Gasteiger partial charge in [0.2, 0.25) is 11.8 Å². The Morgan fingerprint density at radius 3 is 2.65 bits per heavy atom. The number of hydrogen-bond donors (Lipinski definition) is 3. The van der Waals surface area contributed by atoms with Crippen LogP contribution in [-0.4, -0.2) is 24.9 Å². The van der Waals surface area contributed by atoms with Gasteiger partial charge in [0.15, 0.2) is 0 Å². The standard InChI is InChI=1S/C15H21N3O2/c1-10-4-5-12(8-13(10)17-11(2)19)18-14(20)15(3)6-7-16-9-15/h4-5,8,16H,6-7,9H2,1-3H3,(H,17,19)(H,18,20). The smallest absolute Gasteiger partial charge is 0.231 e. The molecule has 0 bridgehead atoms. The third-order valence-electron chi connectivity index (χ3n) is 3.72. The molecule has 1 fully saturated rings. The first-order chi connectivity index (χ1) is 9.40. The first-order valence-electron chi connectivity index (χ1n) is 6.81.